The summed E-state index contributed by atoms with van der Waals surface area (Å²) in [6.07, 6.45) is -0.390. The number of carboxylic acid groups (broad SMARTS) is 1. The first kappa shape index (κ1) is 8.77. The highest BCUT2D eigenvalue weighted by atomic mass is 16.6. The quantitative estimate of drug-likeness (QED) is 0.600. The Hall–Kier alpha value is -0.810. The normalized spacial score (nSPS) is 28.9. The topological polar surface area (TPSA) is 56.3 Å². The fraction of sp³-hybridized carbons (Fsp3) is 0.875. The summed E-state index contributed by atoms with van der Waals surface area (Å²) in [5, 5.41) is 8.70. The average Bonchev–Trinajstić information content (AvgIpc) is 2.89. The first-order valence-corrected chi connectivity index (χ1v) is 4.57. The molecule has 0 bridgehead atoms. The van der Waals surface area contributed by atoms with Crippen molar-refractivity contribution < 1.29 is 14.6 Å². The molecule has 5 nitrogen and oxygen atoms in total. The average molecular weight is 186 g/mol. The molecular weight excluding hydrogens is 172 g/mol. The molecule has 0 aromatic heterocycles. The van der Waals surface area contributed by atoms with E-state index >= 15 is 0 Å². The van der Waals surface area contributed by atoms with Crippen LogP contribution < -0.4 is 0 Å². The molecule has 1 atom stereocenters. The molecule has 13 heavy (non-hydrogen) atoms. The summed E-state index contributed by atoms with van der Waals surface area (Å²) in [5.74, 6) is 0. The molecule has 2 aliphatic rings. The highest BCUT2D eigenvalue weighted by molar-refractivity contribution is 5.65. The van der Waals surface area contributed by atoms with Crippen LogP contribution in [-0.4, -0.2) is 66.4 Å². The fourth-order valence-electron chi connectivity index (χ4n) is 1.58. The molecular formula is C8H14N2O3. The first-order chi connectivity index (χ1) is 6.25. The van der Waals surface area contributed by atoms with E-state index in [0.717, 1.165) is 26.2 Å². The minimum atomic E-state index is -0.803. The zero-order chi connectivity index (χ0) is 9.26. The zero-order valence-electron chi connectivity index (χ0n) is 7.48. The van der Waals surface area contributed by atoms with Gasteiger partial charge in [0.1, 0.15) is 0 Å². The number of ether oxygens (including phenoxy) is 1. The van der Waals surface area contributed by atoms with Gasteiger partial charge in [0.25, 0.3) is 0 Å². The highest BCUT2D eigenvalue weighted by Gasteiger charge is 2.28. The van der Waals surface area contributed by atoms with Crippen molar-refractivity contribution >= 4 is 6.09 Å². The van der Waals surface area contributed by atoms with Crippen molar-refractivity contribution in [1.29, 1.82) is 0 Å². The summed E-state index contributed by atoms with van der Waals surface area (Å²) in [4.78, 5) is 14.3. The van der Waals surface area contributed by atoms with Crippen molar-refractivity contribution in [2.24, 2.45) is 0 Å². The van der Waals surface area contributed by atoms with E-state index in [2.05, 4.69) is 4.90 Å². The summed E-state index contributed by atoms with van der Waals surface area (Å²) in [5.41, 5.74) is 0. The molecule has 1 amide bonds. The van der Waals surface area contributed by atoms with E-state index in [9.17, 15) is 4.79 Å². The minimum absolute atomic E-state index is 0.413. The Kier molecular flexibility index (Phi) is 2.37. The predicted molar refractivity (Wildman–Crippen MR) is 45.8 cm³/mol. The van der Waals surface area contributed by atoms with Gasteiger partial charge in [-0.1, -0.05) is 0 Å². The van der Waals surface area contributed by atoms with Crippen LogP contribution in [-0.2, 0) is 4.74 Å². The van der Waals surface area contributed by atoms with Gasteiger partial charge < -0.3 is 14.7 Å². The first-order valence-electron chi connectivity index (χ1n) is 4.57. The Labute approximate surface area is 76.9 Å². The van der Waals surface area contributed by atoms with Gasteiger partial charge in [-0.3, -0.25) is 4.90 Å². The smallest absolute Gasteiger partial charge is 0.407 e. The van der Waals surface area contributed by atoms with Gasteiger partial charge in [0, 0.05) is 32.7 Å². The predicted octanol–water partition coefficient (Wildman–Crippen LogP) is -0.319. The summed E-state index contributed by atoms with van der Waals surface area (Å²) in [7, 11) is 0. The molecule has 0 saturated carbocycles. The van der Waals surface area contributed by atoms with Crippen LogP contribution in [0.3, 0.4) is 0 Å². The molecule has 0 aromatic carbocycles. The number of epoxide rings is 1. The van der Waals surface area contributed by atoms with E-state index < -0.39 is 6.09 Å². The van der Waals surface area contributed by atoms with Crippen LogP contribution in [0.2, 0.25) is 0 Å². The summed E-state index contributed by atoms with van der Waals surface area (Å²) < 4.78 is 5.11. The van der Waals surface area contributed by atoms with Gasteiger partial charge in [-0.25, -0.2) is 4.79 Å². The molecule has 0 aliphatic carbocycles. The summed E-state index contributed by atoms with van der Waals surface area (Å²) >= 11 is 0. The molecule has 0 radical (unpaired) electrons. The van der Waals surface area contributed by atoms with Gasteiger partial charge in [-0.15, -0.1) is 0 Å². The Morgan fingerprint density at radius 2 is 2.00 bits per heavy atom. The third-order valence-corrected chi connectivity index (χ3v) is 2.51. The molecule has 2 fully saturated rings. The maximum absolute atomic E-state index is 10.6. The number of carbonyl (C=O) groups is 1. The molecule has 0 aromatic rings. The minimum Gasteiger partial charge on any atom is -0.465 e. The van der Waals surface area contributed by atoms with Crippen LogP contribution in [0.25, 0.3) is 0 Å². The molecule has 0 unspecified atom stereocenters. The summed E-state index contributed by atoms with van der Waals surface area (Å²) in [6.45, 7) is 4.77. The van der Waals surface area contributed by atoms with Crippen molar-refractivity contribution in [3.63, 3.8) is 0 Å². The Morgan fingerprint density at radius 3 is 2.46 bits per heavy atom. The van der Waals surface area contributed by atoms with E-state index in [0.29, 0.717) is 19.2 Å². The maximum Gasteiger partial charge on any atom is 0.407 e. The molecule has 0 spiro atoms. The lowest BCUT2D eigenvalue weighted by Crippen LogP contribution is -2.49. The second kappa shape index (κ2) is 3.51. The fourth-order valence-corrected chi connectivity index (χ4v) is 1.58. The van der Waals surface area contributed by atoms with Crippen LogP contribution in [0.4, 0.5) is 4.79 Å². The monoisotopic (exact) mass is 186 g/mol. The number of nitrogens with zero attached hydrogens (tertiary/aromatic N) is 2. The summed E-state index contributed by atoms with van der Waals surface area (Å²) in [6, 6.07) is 0. The van der Waals surface area contributed by atoms with Gasteiger partial charge in [-0.05, 0) is 0 Å². The Bertz CT molecular complexity index is 198. The van der Waals surface area contributed by atoms with E-state index in [1.807, 2.05) is 0 Å². The van der Waals surface area contributed by atoms with E-state index in [4.69, 9.17) is 9.84 Å². The third-order valence-electron chi connectivity index (χ3n) is 2.51. The molecule has 1 N–H and O–H groups in total. The lowest BCUT2D eigenvalue weighted by Gasteiger charge is -2.32. The lowest BCUT2D eigenvalue weighted by molar-refractivity contribution is 0.102. The number of piperazine rings is 1. The van der Waals surface area contributed by atoms with Crippen molar-refractivity contribution in [2.75, 3.05) is 39.3 Å². The van der Waals surface area contributed by atoms with Gasteiger partial charge in [0.2, 0.25) is 0 Å². The van der Waals surface area contributed by atoms with Gasteiger partial charge >= 0.3 is 6.09 Å². The second-order valence-electron chi connectivity index (χ2n) is 3.53. The standard InChI is InChI=1S/C8H14N2O3/c11-8(12)10-3-1-9(2-4-10)5-7-6-13-7/h7H,1-6H2,(H,11,12)/t7-/m1/s1. The highest BCUT2D eigenvalue weighted by Crippen LogP contribution is 2.12. The Morgan fingerprint density at radius 1 is 1.38 bits per heavy atom. The number of hydrogen-bond donors (Lipinski definition) is 1. The van der Waals surface area contributed by atoms with E-state index in [1.165, 1.54) is 4.90 Å². The molecule has 2 heterocycles. The third kappa shape index (κ3) is 2.32. The van der Waals surface area contributed by atoms with Crippen LogP contribution >= 0.6 is 0 Å². The Balaban J connectivity index is 1.71. The van der Waals surface area contributed by atoms with Crippen molar-refractivity contribution in [1.82, 2.24) is 9.80 Å². The lowest BCUT2D eigenvalue weighted by atomic mass is 10.3. The number of amides is 1. The number of rotatable bonds is 2. The van der Waals surface area contributed by atoms with Gasteiger partial charge in [0.15, 0.2) is 0 Å². The number of hydrogen-bond acceptors (Lipinski definition) is 3. The van der Waals surface area contributed by atoms with Gasteiger partial charge in [0.05, 0.1) is 12.7 Å². The van der Waals surface area contributed by atoms with E-state index in [1.54, 1.807) is 0 Å². The van der Waals surface area contributed by atoms with Crippen LogP contribution in [0, 0.1) is 0 Å². The maximum atomic E-state index is 10.6. The molecule has 2 aliphatic heterocycles. The van der Waals surface area contributed by atoms with Crippen LogP contribution in [0.5, 0.6) is 0 Å². The molecule has 2 saturated heterocycles. The molecule has 74 valence electrons. The molecule has 2 rings (SSSR count). The van der Waals surface area contributed by atoms with Crippen molar-refractivity contribution in [3.8, 4) is 0 Å². The van der Waals surface area contributed by atoms with Crippen LogP contribution in [0.15, 0.2) is 0 Å². The SMILES string of the molecule is O=C(O)N1CCN(C[C@@H]2CO2)CC1. The van der Waals surface area contributed by atoms with Crippen molar-refractivity contribution in [2.45, 2.75) is 6.10 Å². The van der Waals surface area contributed by atoms with Crippen LogP contribution in [0.1, 0.15) is 0 Å². The van der Waals surface area contributed by atoms with Crippen molar-refractivity contribution in [3.05, 3.63) is 0 Å². The molecule has 5 heteroatoms. The largest absolute Gasteiger partial charge is 0.465 e. The zero-order valence-corrected chi connectivity index (χ0v) is 7.48. The van der Waals surface area contributed by atoms with Gasteiger partial charge in [-0.2, -0.15) is 0 Å². The second-order valence-corrected chi connectivity index (χ2v) is 3.53. The van der Waals surface area contributed by atoms with E-state index in [-0.39, 0.29) is 0 Å².